The Labute approximate surface area is 112 Å². The quantitative estimate of drug-likeness (QED) is 0.749. The number of rotatable bonds is 8. The van der Waals surface area contributed by atoms with Crippen LogP contribution in [0.2, 0.25) is 0 Å². The zero-order chi connectivity index (χ0) is 12.5. The van der Waals surface area contributed by atoms with E-state index in [-0.39, 0.29) is 6.10 Å². The molecule has 0 bridgehead atoms. The number of halogens is 1. The van der Waals surface area contributed by atoms with Gasteiger partial charge in [0.25, 0.3) is 0 Å². The Morgan fingerprint density at radius 1 is 1.24 bits per heavy atom. The maximum absolute atomic E-state index is 5.85. The van der Waals surface area contributed by atoms with Gasteiger partial charge in [-0.1, -0.05) is 28.1 Å². The Balaban J connectivity index is 2.49. The van der Waals surface area contributed by atoms with E-state index in [4.69, 9.17) is 9.47 Å². The van der Waals surface area contributed by atoms with Gasteiger partial charge in [0, 0.05) is 31.3 Å². The number of nitrogens with one attached hydrogen (secondary N) is 1. The van der Waals surface area contributed by atoms with E-state index in [0.717, 1.165) is 30.7 Å². The molecule has 1 unspecified atom stereocenters. The third-order valence-electron chi connectivity index (χ3n) is 2.44. The van der Waals surface area contributed by atoms with E-state index in [9.17, 15) is 0 Å². The van der Waals surface area contributed by atoms with Gasteiger partial charge in [0.2, 0.25) is 0 Å². The number of hydrogen-bond donors (Lipinski definition) is 1. The first-order chi connectivity index (χ1) is 8.27. The largest absolute Gasteiger partial charge is 0.385 e. The average molecular weight is 302 g/mol. The fourth-order valence-electron chi connectivity index (χ4n) is 1.56. The topological polar surface area (TPSA) is 30.5 Å². The second-order valence-corrected chi connectivity index (χ2v) is 4.73. The number of likely N-dealkylation sites (N-methyl/N-ethyl adjacent to an activating group) is 1. The minimum absolute atomic E-state index is 0.102. The molecule has 0 saturated carbocycles. The molecule has 0 aliphatic carbocycles. The van der Waals surface area contributed by atoms with Crippen molar-refractivity contribution in [2.45, 2.75) is 12.5 Å². The van der Waals surface area contributed by atoms with Crippen molar-refractivity contribution in [3.63, 3.8) is 0 Å². The first kappa shape index (κ1) is 14.6. The van der Waals surface area contributed by atoms with Crippen LogP contribution in [0.5, 0.6) is 0 Å². The van der Waals surface area contributed by atoms with Crippen LogP contribution in [0.1, 0.15) is 18.1 Å². The van der Waals surface area contributed by atoms with E-state index in [1.807, 2.05) is 19.2 Å². The van der Waals surface area contributed by atoms with Crippen molar-refractivity contribution in [1.29, 1.82) is 0 Å². The molecule has 0 heterocycles. The van der Waals surface area contributed by atoms with E-state index in [0.29, 0.717) is 0 Å². The van der Waals surface area contributed by atoms with Gasteiger partial charge in [-0.25, -0.2) is 0 Å². The highest BCUT2D eigenvalue weighted by atomic mass is 79.9. The molecule has 1 N–H and O–H groups in total. The van der Waals surface area contributed by atoms with Crippen LogP contribution >= 0.6 is 15.9 Å². The monoisotopic (exact) mass is 301 g/mol. The van der Waals surface area contributed by atoms with Crippen molar-refractivity contribution in [2.24, 2.45) is 0 Å². The van der Waals surface area contributed by atoms with E-state index >= 15 is 0 Å². The third kappa shape index (κ3) is 5.64. The zero-order valence-electron chi connectivity index (χ0n) is 10.4. The maximum Gasteiger partial charge on any atom is 0.0949 e. The summed E-state index contributed by atoms with van der Waals surface area (Å²) in [5.74, 6) is 0. The maximum atomic E-state index is 5.85. The molecule has 4 heteroatoms. The lowest BCUT2D eigenvalue weighted by Crippen LogP contribution is -2.20. The third-order valence-corrected chi connectivity index (χ3v) is 2.97. The first-order valence-electron chi connectivity index (χ1n) is 5.78. The second kappa shape index (κ2) is 8.64. The number of ether oxygens (including phenoxy) is 2. The first-order valence-corrected chi connectivity index (χ1v) is 6.58. The number of methoxy groups -OCH3 is 1. The molecular weight excluding hydrogens is 282 g/mol. The molecule has 0 aromatic heterocycles. The molecule has 0 fully saturated rings. The van der Waals surface area contributed by atoms with Crippen molar-refractivity contribution >= 4 is 15.9 Å². The SMILES string of the molecule is CNCC(OCCCOC)c1ccc(Br)cc1. The normalized spacial score (nSPS) is 12.6. The molecule has 0 aliphatic rings. The van der Waals surface area contributed by atoms with Crippen molar-refractivity contribution in [3.05, 3.63) is 34.3 Å². The molecule has 1 aromatic carbocycles. The molecule has 17 heavy (non-hydrogen) atoms. The highest BCUT2D eigenvalue weighted by Crippen LogP contribution is 2.19. The van der Waals surface area contributed by atoms with Gasteiger partial charge >= 0.3 is 0 Å². The van der Waals surface area contributed by atoms with Gasteiger partial charge in [0.05, 0.1) is 6.10 Å². The Morgan fingerprint density at radius 3 is 2.53 bits per heavy atom. The van der Waals surface area contributed by atoms with Crippen LogP contribution in [0.25, 0.3) is 0 Å². The smallest absolute Gasteiger partial charge is 0.0949 e. The van der Waals surface area contributed by atoms with Crippen LogP contribution in [-0.4, -0.2) is 33.9 Å². The van der Waals surface area contributed by atoms with Crippen molar-refractivity contribution in [3.8, 4) is 0 Å². The standard InChI is InChI=1S/C13H20BrNO2/c1-15-10-13(17-9-3-8-16-2)11-4-6-12(14)7-5-11/h4-7,13,15H,3,8-10H2,1-2H3. The van der Waals surface area contributed by atoms with Crippen molar-refractivity contribution < 1.29 is 9.47 Å². The predicted octanol–water partition coefficient (Wildman–Crippen LogP) is 2.76. The second-order valence-electron chi connectivity index (χ2n) is 3.82. The van der Waals surface area contributed by atoms with Crippen LogP contribution in [0.15, 0.2) is 28.7 Å². The van der Waals surface area contributed by atoms with Gasteiger partial charge in [-0.15, -0.1) is 0 Å². The minimum atomic E-state index is 0.102. The van der Waals surface area contributed by atoms with E-state index in [1.165, 1.54) is 5.56 Å². The lowest BCUT2D eigenvalue weighted by Gasteiger charge is -2.18. The van der Waals surface area contributed by atoms with Crippen LogP contribution in [0.4, 0.5) is 0 Å². The van der Waals surface area contributed by atoms with Crippen LogP contribution in [0, 0.1) is 0 Å². The van der Waals surface area contributed by atoms with Gasteiger partial charge in [-0.2, -0.15) is 0 Å². The van der Waals surface area contributed by atoms with Gasteiger partial charge in [-0.3, -0.25) is 0 Å². The van der Waals surface area contributed by atoms with Gasteiger partial charge in [-0.05, 0) is 31.2 Å². The van der Waals surface area contributed by atoms with Crippen LogP contribution in [0.3, 0.4) is 0 Å². The fraction of sp³-hybridized carbons (Fsp3) is 0.538. The molecule has 0 saturated heterocycles. The summed E-state index contributed by atoms with van der Waals surface area (Å²) in [5, 5.41) is 3.15. The fourth-order valence-corrected chi connectivity index (χ4v) is 1.83. The molecule has 3 nitrogen and oxygen atoms in total. The number of benzene rings is 1. The predicted molar refractivity (Wildman–Crippen MR) is 73.3 cm³/mol. The Kier molecular flexibility index (Phi) is 7.44. The highest BCUT2D eigenvalue weighted by Gasteiger charge is 2.10. The highest BCUT2D eigenvalue weighted by molar-refractivity contribution is 9.10. The molecule has 0 amide bonds. The molecule has 96 valence electrons. The molecule has 1 atom stereocenters. The van der Waals surface area contributed by atoms with Crippen molar-refractivity contribution in [1.82, 2.24) is 5.32 Å². The van der Waals surface area contributed by atoms with Crippen LogP contribution < -0.4 is 5.32 Å². The van der Waals surface area contributed by atoms with Crippen molar-refractivity contribution in [2.75, 3.05) is 33.9 Å². The summed E-state index contributed by atoms with van der Waals surface area (Å²) in [4.78, 5) is 0. The Hall–Kier alpha value is -0.420. The zero-order valence-corrected chi connectivity index (χ0v) is 12.0. The summed E-state index contributed by atoms with van der Waals surface area (Å²) in [7, 11) is 3.64. The van der Waals surface area contributed by atoms with Gasteiger partial charge in [0.1, 0.15) is 0 Å². The molecule has 0 radical (unpaired) electrons. The minimum Gasteiger partial charge on any atom is -0.385 e. The Bertz CT molecular complexity index is 303. The van der Waals surface area contributed by atoms with E-state index < -0.39 is 0 Å². The summed E-state index contributed by atoms with van der Waals surface area (Å²) in [6.45, 7) is 2.28. The average Bonchev–Trinajstić information content (AvgIpc) is 2.34. The molecule has 0 aliphatic heterocycles. The summed E-state index contributed by atoms with van der Waals surface area (Å²) in [6, 6.07) is 8.25. The summed E-state index contributed by atoms with van der Waals surface area (Å²) in [5.41, 5.74) is 1.19. The Morgan fingerprint density at radius 2 is 1.94 bits per heavy atom. The molecular formula is C13H20BrNO2. The summed E-state index contributed by atoms with van der Waals surface area (Å²) in [6.07, 6.45) is 1.03. The molecule has 1 rings (SSSR count). The summed E-state index contributed by atoms with van der Waals surface area (Å²) >= 11 is 3.43. The number of hydrogen-bond acceptors (Lipinski definition) is 3. The van der Waals surface area contributed by atoms with Gasteiger partial charge in [0.15, 0.2) is 0 Å². The molecule has 1 aromatic rings. The van der Waals surface area contributed by atoms with E-state index in [2.05, 4.69) is 33.4 Å². The van der Waals surface area contributed by atoms with Crippen LogP contribution in [-0.2, 0) is 9.47 Å². The molecule has 0 spiro atoms. The summed E-state index contributed by atoms with van der Waals surface area (Å²) < 4.78 is 11.9. The lowest BCUT2D eigenvalue weighted by molar-refractivity contribution is 0.0399. The lowest BCUT2D eigenvalue weighted by atomic mass is 10.1. The van der Waals surface area contributed by atoms with E-state index in [1.54, 1.807) is 7.11 Å². The van der Waals surface area contributed by atoms with Gasteiger partial charge < -0.3 is 14.8 Å².